The molecule has 2 aromatic carbocycles. The van der Waals surface area contributed by atoms with Crippen molar-refractivity contribution in [3.8, 4) is 0 Å². The molecule has 1 aliphatic heterocycles. The minimum Gasteiger partial charge on any atom is -0.462 e. The van der Waals surface area contributed by atoms with Gasteiger partial charge in [0.05, 0.1) is 17.1 Å². The highest BCUT2D eigenvalue weighted by Crippen LogP contribution is 2.32. The molecule has 1 N–H and O–H groups in total. The fourth-order valence-electron chi connectivity index (χ4n) is 2.68. The summed E-state index contributed by atoms with van der Waals surface area (Å²) in [6, 6.07) is 15.4. The number of imide groups is 1. The van der Waals surface area contributed by atoms with Gasteiger partial charge in [-0.1, -0.05) is 43.3 Å². The molecule has 0 aromatic heterocycles. The summed E-state index contributed by atoms with van der Waals surface area (Å²) in [5, 5.41) is 2.10. The molecule has 3 amide bonds. The molecule has 8 heteroatoms. The highest BCUT2D eigenvalue weighted by molar-refractivity contribution is 8.18. The van der Waals surface area contributed by atoms with Crippen LogP contribution in [0.4, 0.5) is 10.5 Å². The van der Waals surface area contributed by atoms with Crippen molar-refractivity contribution in [2.24, 2.45) is 0 Å². The van der Waals surface area contributed by atoms with E-state index in [2.05, 4.69) is 5.32 Å². The van der Waals surface area contributed by atoms with E-state index in [-0.39, 0.29) is 4.91 Å². The average Bonchev–Trinajstić information content (AvgIpc) is 3.00. The maximum absolute atomic E-state index is 12.5. The minimum atomic E-state index is -0.544. The van der Waals surface area contributed by atoms with E-state index in [1.165, 1.54) is 6.07 Å². The highest BCUT2D eigenvalue weighted by Gasteiger charge is 2.36. The second kappa shape index (κ2) is 9.89. The quantitative estimate of drug-likeness (QED) is 0.535. The second-order valence-electron chi connectivity index (χ2n) is 6.44. The zero-order valence-corrected chi connectivity index (χ0v) is 17.1. The molecule has 30 heavy (non-hydrogen) atoms. The summed E-state index contributed by atoms with van der Waals surface area (Å²) in [5.41, 5.74) is 1.47. The Balaban J connectivity index is 1.64. The Labute approximate surface area is 178 Å². The van der Waals surface area contributed by atoms with E-state index in [1.807, 2.05) is 37.3 Å². The number of thioether (sulfide) groups is 1. The molecule has 154 valence electrons. The number of esters is 1. The molecule has 1 saturated heterocycles. The molecule has 2 aromatic rings. The summed E-state index contributed by atoms with van der Waals surface area (Å²) in [6.07, 6.45) is 2.33. The zero-order chi connectivity index (χ0) is 21.5. The van der Waals surface area contributed by atoms with Crippen LogP contribution in [0.2, 0.25) is 0 Å². The third-order valence-corrected chi connectivity index (χ3v) is 5.00. The summed E-state index contributed by atoms with van der Waals surface area (Å²) in [5.74, 6) is -1.54. The van der Waals surface area contributed by atoms with E-state index in [0.717, 1.165) is 22.2 Å². The Morgan fingerprint density at radius 2 is 1.87 bits per heavy atom. The van der Waals surface area contributed by atoms with E-state index in [0.29, 0.717) is 24.3 Å². The topological polar surface area (TPSA) is 92.8 Å². The largest absolute Gasteiger partial charge is 0.462 e. The third-order valence-electron chi connectivity index (χ3n) is 4.09. The van der Waals surface area contributed by atoms with Gasteiger partial charge in [0.15, 0.2) is 0 Å². The number of benzene rings is 2. The van der Waals surface area contributed by atoms with E-state index in [1.54, 1.807) is 24.3 Å². The van der Waals surface area contributed by atoms with Crippen LogP contribution in [-0.4, -0.2) is 41.1 Å². The molecule has 0 unspecified atom stereocenters. The molecule has 0 spiro atoms. The Morgan fingerprint density at radius 3 is 2.60 bits per heavy atom. The van der Waals surface area contributed by atoms with Crippen LogP contribution in [0.15, 0.2) is 59.5 Å². The van der Waals surface area contributed by atoms with Gasteiger partial charge in [0.25, 0.3) is 11.1 Å². The summed E-state index contributed by atoms with van der Waals surface area (Å²) >= 11 is 0.796. The van der Waals surface area contributed by atoms with Crippen LogP contribution >= 0.6 is 11.8 Å². The van der Waals surface area contributed by atoms with Crippen molar-refractivity contribution in [1.82, 2.24) is 4.90 Å². The monoisotopic (exact) mass is 424 g/mol. The lowest BCUT2D eigenvalue weighted by molar-refractivity contribution is -0.127. The van der Waals surface area contributed by atoms with E-state index in [9.17, 15) is 19.2 Å². The van der Waals surface area contributed by atoms with Gasteiger partial charge in [0, 0.05) is 5.69 Å². The number of hydrogen-bond donors (Lipinski definition) is 1. The number of carbonyl (C=O) groups is 4. The lowest BCUT2D eigenvalue weighted by atomic mass is 10.2. The van der Waals surface area contributed by atoms with Crippen molar-refractivity contribution in [1.29, 1.82) is 0 Å². The maximum atomic E-state index is 12.5. The summed E-state index contributed by atoms with van der Waals surface area (Å²) in [6.45, 7) is 1.79. The number of nitrogens with one attached hydrogen (secondary N) is 1. The van der Waals surface area contributed by atoms with Crippen LogP contribution in [0.3, 0.4) is 0 Å². The van der Waals surface area contributed by atoms with Crippen LogP contribution < -0.4 is 5.32 Å². The zero-order valence-electron chi connectivity index (χ0n) is 16.3. The second-order valence-corrected chi connectivity index (χ2v) is 7.44. The first kappa shape index (κ1) is 21.3. The van der Waals surface area contributed by atoms with Crippen molar-refractivity contribution < 1.29 is 23.9 Å². The molecule has 0 aliphatic carbocycles. The fourth-order valence-corrected chi connectivity index (χ4v) is 3.52. The molecule has 1 heterocycles. The average molecular weight is 424 g/mol. The highest BCUT2D eigenvalue weighted by atomic mass is 32.2. The van der Waals surface area contributed by atoms with Crippen LogP contribution in [-0.2, 0) is 14.3 Å². The third kappa shape index (κ3) is 5.36. The first-order valence-electron chi connectivity index (χ1n) is 9.35. The van der Waals surface area contributed by atoms with Gasteiger partial charge >= 0.3 is 5.97 Å². The van der Waals surface area contributed by atoms with Crippen LogP contribution in [0, 0.1) is 0 Å². The number of carbonyl (C=O) groups excluding carboxylic acids is 4. The number of anilines is 1. The van der Waals surface area contributed by atoms with Gasteiger partial charge in [0.1, 0.15) is 6.54 Å². The van der Waals surface area contributed by atoms with Crippen molar-refractivity contribution in [2.45, 2.75) is 13.3 Å². The van der Waals surface area contributed by atoms with Crippen molar-refractivity contribution in [2.75, 3.05) is 18.5 Å². The van der Waals surface area contributed by atoms with Gasteiger partial charge in [-0.15, -0.1) is 0 Å². The predicted octanol–water partition coefficient (Wildman–Crippen LogP) is 3.93. The lowest BCUT2D eigenvalue weighted by Gasteiger charge is -2.13. The molecule has 0 saturated carbocycles. The number of amides is 3. The standard InChI is InChI=1S/C22H20N2O5S/c1-2-11-29-21(27)16-9-6-10-17(13-16)23-19(25)14-24-20(26)18(30-22(24)28)12-15-7-4-3-5-8-15/h3-10,12-13H,2,11,14H2,1H3,(H,23,25)/b18-12+. The summed E-state index contributed by atoms with van der Waals surface area (Å²) in [4.78, 5) is 50.2. The van der Waals surface area contributed by atoms with Crippen molar-refractivity contribution in [3.05, 3.63) is 70.6 Å². The Morgan fingerprint density at radius 1 is 1.10 bits per heavy atom. The van der Waals surface area contributed by atoms with Gasteiger partial charge in [-0.25, -0.2) is 4.79 Å². The molecule has 1 fully saturated rings. The van der Waals surface area contributed by atoms with Crippen LogP contribution in [0.1, 0.15) is 29.3 Å². The van der Waals surface area contributed by atoms with E-state index in [4.69, 9.17) is 4.74 Å². The van der Waals surface area contributed by atoms with Crippen LogP contribution in [0.25, 0.3) is 6.08 Å². The molecule has 0 radical (unpaired) electrons. The van der Waals surface area contributed by atoms with Gasteiger partial charge in [-0.2, -0.15) is 0 Å². The predicted molar refractivity (Wildman–Crippen MR) is 115 cm³/mol. The fraction of sp³-hybridized carbons (Fsp3) is 0.182. The smallest absolute Gasteiger partial charge is 0.338 e. The molecule has 1 aliphatic rings. The first-order valence-corrected chi connectivity index (χ1v) is 10.2. The Kier molecular flexibility index (Phi) is 7.03. The SMILES string of the molecule is CCCOC(=O)c1cccc(NC(=O)CN2C(=O)S/C(=C/c3ccccc3)C2=O)c1. The molecular weight excluding hydrogens is 404 g/mol. The minimum absolute atomic E-state index is 0.264. The van der Waals surface area contributed by atoms with Gasteiger partial charge < -0.3 is 10.1 Å². The van der Waals surface area contributed by atoms with E-state index < -0.39 is 29.6 Å². The van der Waals surface area contributed by atoms with E-state index >= 15 is 0 Å². The van der Waals surface area contributed by atoms with Crippen molar-refractivity contribution >= 4 is 46.5 Å². The van der Waals surface area contributed by atoms with Crippen molar-refractivity contribution in [3.63, 3.8) is 0 Å². The molecular formula is C22H20N2O5S. The van der Waals surface area contributed by atoms with Crippen LogP contribution in [0.5, 0.6) is 0 Å². The molecule has 0 atom stereocenters. The molecule has 0 bridgehead atoms. The summed E-state index contributed by atoms with van der Waals surface area (Å²) < 4.78 is 5.08. The summed E-state index contributed by atoms with van der Waals surface area (Å²) in [7, 11) is 0. The number of ether oxygens (including phenoxy) is 1. The normalized spacial score (nSPS) is 14.8. The number of nitrogens with zero attached hydrogens (tertiary/aromatic N) is 1. The maximum Gasteiger partial charge on any atom is 0.338 e. The Bertz CT molecular complexity index is 1000. The Hall–Kier alpha value is -3.39. The first-order chi connectivity index (χ1) is 14.5. The molecule has 3 rings (SSSR count). The number of rotatable bonds is 7. The number of hydrogen-bond acceptors (Lipinski definition) is 6. The van der Waals surface area contributed by atoms with Gasteiger partial charge in [-0.05, 0) is 48.0 Å². The van der Waals surface area contributed by atoms with Gasteiger partial charge in [0.2, 0.25) is 5.91 Å². The van der Waals surface area contributed by atoms with Gasteiger partial charge in [-0.3, -0.25) is 19.3 Å². The lowest BCUT2D eigenvalue weighted by Crippen LogP contribution is -2.36. The molecule has 7 nitrogen and oxygen atoms in total.